The van der Waals surface area contributed by atoms with Gasteiger partial charge in [-0.1, -0.05) is 54.9 Å². The van der Waals surface area contributed by atoms with Crippen molar-refractivity contribution < 1.29 is 0 Å². The number of hydrogen-bond donors (Lipinski definition) is 1. The van der Waals surface area contributed by atoms with Gasteiger partial charge in [0.2, 0.25) is 0 Å². The predicted molar refractivity (Wildman–Crippen MR) is 97.4 cm³/mol. The molecule has 0 atom stereocenters. The summed E-state index contributed by atoms with van der Waals surface area (Å²) in [7, 11) is 0. The minimum atomic E-state index is 0.529. The number of hydrogen-bond acceptors (Lipinski definition) is 5. The van der Waals surface area contributed by atoms with Crippen molar-refractivity contribution in [2.75, 3.05) is 11.6 Å². The second-order valence-corrected chi connectivity index (χ2v) is 6.52. The average molecular weight is 326 g/mol. The van der Waals surface area contributed by atoms with E-state index in [0.29, 0.717) is 12.6 Å². The third-order valence-electron chi connectivity index (χ3n) is 4.02. The van der Waals surface area contributed by atoms with Gasteiger partial charge in [0.05, 0.1) is 12.1 Å². The Bertz CT molecular complexity index is 651. The van der Waals surface area contributed by atoms with Crippen molar-refractivity contribution in [3.8, 4) is 0 Å². The van der Waals surface area contributed by atoms with Gasteiger partial charge in [-0.3, -0.25) is 4.99 Å². The van der Waals surface area contributed by atoms with Crippen LogP contribution in [0.3, 0.4) is 0 Å². The Morgan fingerprint density at radius 3 is 2.78 bits per heavy atom. The second kappa shape index (κ2) is 8.11. The predicted octanol–water partition coefficient (Wildman–Crippen LogP) is 4.17. The van der Waals surface area contributed by atoms with E-state index < -0.39 is 0 Å². The first kappa shape index (κ1) is 16.0. The molecular formula is C18H22N4S. The number of nitrogens with one attached hydrogen (secondary N) is 1. The molecule has 0 amide bonds. The van der Waals surface area contributed by atoms with E-state index in [0.717, 1.165) is 16.5 Å². The maximum Gasteiger partial charge on any atom is 0.189 e. The molecule has 5 heteroatoms. The van der Waals surface area contributed by atoms with E-state index in [-0.39, 0.29) is 0 Å². The minimum absolute atomic E-state index is 0.529. The zero-order chi connectivity index (χ0) is 15.9. The molecule has 1 aliphatic rings. The summed E-state index contributed by atoms with van der Waals surface area (Å²) in [5.74, 6) is 0.910. The van der Waals surface area contributed by atoms with Gasteiger partial charge in [-0.2, -0.15) is 0 Å². The Morgan fingerprint density at radius 1 is 1.26 bits per heavy atom. The number of anilines is 1. The van der Waals surface area contributed by atoms with Gasteiger partial charge < -0.3 is 5.32 Å². The van der Waals surface area contributed by atoms with Crippen LogP contribution in [0.5, 0.6) is 0 Å². The number of aromatic nitrogens is 2. The van der Waals surface area contributed by atoms with Gasteiger partial charge in [0.1, 0.15) is 5.82 Å². The Morgan fingerprint density at radius 2 is 2.04 bits per heavy atom. The molecule has 0 saturated heterocycles. The van der Waals surface area contributed by atoms with Crippen LogP contribution in [0.15, 0.2) is 46.7 Å². The van der Waals surface area contributed by atoms with E-state index in [1.54, 1.807) is 11.8 Å². The van der Waals surface area contributed by atoms with E-state index in [9.17, 15) is 0 Å². The van der Waals surface area contributed by atoms with Crippen LogP contribution in [0, 0.1) is 0 Å². The molecule has 1 N–H and O–H groups in total. The van der Waals surface area contributed by atoms with Crippen LogP contribution in [0.2, 0.25) is 0 Å². The molecule has 1 aromatic heterocycles. The zero-order valence-corrected chi connectivity index (χ0v) is 14.2. The summed E-state index contributed by atoms with van der Waals surface area (Å²) in [5.41, 5.74) is 2.17. The molecular weight excluding hydrogens is 304 g/mol. The quantitative estimate of drug-likeness (QED) is 0.492. The summed E-state index contributed by atoms with van der Waals surface area (Å²) >= 11 is 1.56. The van der Waals surface area contributed by atoms with Crippen LogP contribution >= 0.6 is 11.8 Å². The molecule has 1 saturated carbocycles. The van der Waals surface area contributed by atoms with Gasteiger partial charge >= 0.3 is 0 Å². The first-order valence-electron chi connectivity index (χ1n) is 8.06. The number of thioether (sulfide) groups is 1. The Labute approximate surface area is 141 Å². The molecule has 1 aromatic carbocycles. The molecule has 0 spiro atoms. The van der Waals surface area contributed by atoms with Crippen LogP contribution in [-0.2, 0) is 6.54 Å². The third kappa shape index (κ3) is 4.55. The first-order valence-corrected chi connectivity index (χ1v) is 9.29. The summed E-state index contributed by atoms with van der Waals surface area (Å²) in [4.78, 5) is 13.6. The molecule has 120 valence electrons. The van der Waals surface area contributed by atoms with E-state index in [2.05, 4.69) is 32.4 Å². The third-order valence-corrected chi connectivity index (χ3v) is 4.58. The molecule has 1 fully saturated rings. The fourth-order valence-electron chi connectivity index (χ4n) is 2.78. The number of nitrogens with zero attached hydrogens (tertiary/aromatic N) is 3. The van der Waals surface area contributed by atoms with Crippen LogP contribution in [-0.4, -0.2) is 28.5 Å². The molecule has 4 nitrogen and oxygen atoms in total. The summed E-state index contributed by atoms with van der Waals surface area (Å²) in [6.07, 6.45) is 10.8. The van der Waals surface area contributed by atoms with Crippen molar-refractivity contribution in [3.63, 3.8) is 0 Å². The second-order valence-electron chi connectivity index (χ2n) is 5.74. The maximum absolute atomic E-state index is 4.63. The highest BCUT2D eigenvalue weighted by Gasteiger charge is 2.16. The molecule has 1 heterocycles. The highest BCUT2D eigenvalue weighted by molar-refractivity contribution is 7.98. The van der Waals surface area contributed by atoms with Crippen molar-refractivity contribution in [2.45, 2.75) is 43.4 Å². The van der Waals surface area contributed by atoms with Gasteiger partial charge in [0.25, 0.3) is 0 Å². The largest absolute Gasteiger partial charge is 0.367 e. The number of benzene rings is 1. The Kier molecular flexibility index (Phi) is 5.64. The lowest BCUT2D eigenvalue weighted by atomic mass is 10.2. The summed E-state index contributed by atoms with van der Waals surface area (Å²) in [6.45, 7) is 0.675. The minimum Gasteiger partial charge on any atom is -0.367 e. The van der Waals surface area contributed by atoms with Crippen LogP contribution in [0.4, 0.5) is 5.82 Å². The standard InChI is InChI=1S/C18H22N4S/c1-23-18-20-13-15(12-19-11-14-7-3-2-4-8-14)17(22-18)21-16-9-5-6-10-16/h2-4,7-8,12-13,16H,5-6,9-11H2,1H3,(H,20,21,22)/b19-12+. The van der Waals surface area contributed by atoms with Gasteiger partial charge in [-0.05, 0) is 24.7 Å². The Hall–Kier alpha value is -1.88. The Balaban J connectivity index is 1.74. The zero-order valence-electron chi connectivity index (χ0n) is 13.4. The van der Waals surface area contributed by atoms with E-state index in [4.69, 9.17) is 0 Å². The van der Waals surface area contributed by atoms with Crippen molar-refractivity contribution >= 4 is 23.8 Å². The van der Waals surface area contributed by atoms with Crippen molar-refractivity contribution in [1.29, 1.82) is 0 Å². The van der Waals surface area contributed by atoms with Crippen LogP contribution in [0.1, 0.15) is 36.8 Å². The maximum atomic E-state index is 4.63. The molecule has 0 aliphatic heterocycles. The number of rotatable bonds is 6. The number of aliphatic imine (C=N–C) groups is 1. The van der Waals surface area contributed by atoms with Crippen molar-refractivity contribution in [3.05, 3.63) is 47.7 Å². The lowest BCUT2D eigenvalue weighted by Gasteiger charge is -2.14. The topological polar surface area (TPSA) is 50.2 Å². The van der Waals surface area contributed by atoms with E-state index in [1.807, 2.05) is 36.9 Å². The summed E-state index contributed by atoms with van der Waals surface area (Å²) < 4.78 is 0. The molecule has 0 unspecified atom stereocenters. The van der Waals surface area contributed by atoms with Gasteiger partial charge in [0, 0.05) is 18.5 Å². The van der Waals surface area contributed by atoms with Crippen LogP contribution < -0.4 is 5.32 Å². The van der Waals surface area contributed by atoms with Crippen molar-refractivity contribution in [1.82, 2.24) is 9.97 Å². The fourth-order valence-corrected chi connectivity index (χ4v) is 3.12. The highest BCUT2D eigenvalue weighted by atomic mass is 32.2. The van der Waals surface area contributed by atoms with Gasteiger partial charge in [0.15, 0.2) is 5.16 Å². The normalized spacial score (nSPS) is 15.3. The van der Waals surface area contributed by atoms with Crippen LogP contribution in [0.25, 0.3) is 0 Å². The molecule has 3 rings (SSSR count). The molecule has 0 bridgehead atoms. The van der Waals surface area contributed by atoms with Crippen molar-refractivity contribution in [2.24, 2.45) is 4.99 Å². The smallest absolute Gasteiger partial charge is 0.189 e. The first-order chi connectivity index (χ1) is 11.3. The molecule has 2 aromatic rings. The van der Waals surface area contributed by atoms with Gasteiger partial charge in [-0.15, -0.1) is 0 Å². The average Bonchev–Trinajstić information content (AvgIpc) is 3.10. The monoisotopic (exact) mass is 326 g/mol. The molecule has 1 aliphatic carbocycles. The summed E-state index contributed by atoms with van der Waals surface area (Å²) in [5, 5.41) is 4.37. The lowest BCUT2D eigenvalue weighted by Crippen LogP contribution is -2.17. The summed E-state index contributed by atoms with van der Waals surface area (Å²) in [6, 6.07) is 10.8. The SMILES string of the molecule is CSc1ncc(/C=N/Cc2ccccc2)c(NC2CCCC2)n1. The molecule has 23 heavy (non-hydrogen) atoms. The highest BCUT2D eigenvalue weighted by Crippen LogP contribution is 2.23. The lowest BCUT2D eigenvalue weighted by molar-refractivity contribution is 0.745. The van der Waals surface area contributed by atoms with E-state index >= 15 is 0 Å². The van der Waals surface area contributed by atoms with Gasteiger partial charge in [-0.25, -0.2) is 9.97 Å². The van der Waals surface area contributed by atoms with E-state index in [1.165, 1.54) is 31.2 Å². The fraction of sp³-hybridized carbons (Fsp3) is 0.389. The molecule has 0 radical (unpaired) electrons.